The van der Waals surface area contributed by atoms with Crippen LogP contribution in [0.3, 0.4) is 0 Å². The van der Waals surface area contributed by atoms with Crippen molar-refractivity contribution in [3.05, 3.63) is 24.0 Å². The third-order valence-corrected chi connectivity index (χ3v) is 1.40. The molecule has 0 aromatic carbocycles. The maximum atomic E-state index is 10.5. The van der Waals surface area contributed by atoms with Crippen LogP contribution in [0.1, 0.15) is 17.3 Å². The highest BCUT2D eigenvalue weighted by Crippen LogP contribution is 1.98. The maximum Gasteiger partial charge on any atom is 0.250 e. The van der Waals surface area contributed by atoms with Crippen LogP contribution in [0.25, 0.3) is 0 Å². The topological polar surface area (TPSA) is 48.0 Å². The van der Waals surface area contributed by atoms with Gasteiger partial charge in [0.15, 0.2) is 0 Å². The number of rotatable bonds is 2. The summed E-state index contributed by atoms with van der Waals surface area (Å²) in [7, 11) is 0. The molecule has 0 atom stereocenters. The first kappa shape index (κ1) is 6.86. The molecule has 10 heavy (non-hydrogen) atoms. The Morgan fingerprint density at radius 3 is 2.80 bits per heavy atom. The summed E-state index contributed by atoms with van der Waals surface area (Å²) in [6.45, 7) is 2.87. The van der Waals surface area contributed by atoms with E-state index >= 15 is 0 Å². The summed E-state index contributed by atoms with van der Waals surface area (Å²) < 4.78 is 1.90. The van der Waals surface area contributed by atoms with Gasteiger partial charge in [-0.25, -0.2) is 0 Å². The fourth-order valence-corrected chi connectivity index (χ4v) is 0.783. The summed E-state index contributed by atoms with van der Waals surface area (Å²) in [6, 6.07) is 1.71. The van der Waals surface area contributed by atoms with Crippen LogP contribution in [-0.4, -0.2) is 10.5 Å². The highest BCUT2D eigenvalue weighted by molar-refractivity contribution is 5.92. The second kappa shape index (κ2) is 2.56. The predicted molar refractivity (Wildman–Crippen MR) is 38.6 cm³/mol. The molecule has 0 bridgehead atoms. The average molecular weight is 138 g/mol. The molecule has 1 aromatic heterocycles. The van der Waals surface area contributed by atoms with E-state index < -0.39 is 0 Å². The third-order valence-electron chi connectivity index (χ3n) is 1.40. The molecule has 0 saturated heterocycles. The Hall–Kier alpha value is -1.25. The van der Waals surface area contributed by atoms with Crippen LogP contribution in [0.15, 0.2) is 18.5 Å². The normalized spacial score (nSPS) is 9.70. The summed E-state index contributed by atoms with van der Waals surface area (Å²) in [6.07, 6.45) is 3.57. The first-order valence-electron chi connectivity index (χ1n) is 3.19. The van der Waals surface area contributed by atoms with Crippen LogP contribution in [0.2, 0.25) is 0 Å². The molecule has 1 aromatic rings. The van der Waals surface area contributed by atoms with Crippen molar-refractivity contribution in [1.29, 1.82) is 0 Å². The molecular formula is C7H10N2O. The van der Waals surface area contributed by atoms with Crippen molar-refractivity contribution >= 4 is 5.91 Å². The predicted octanol–water partition coefficient (Wildman–Crippen LogP) is 0.607. The monoisotopic (exact) mass is 138 g/mol. The lowest BCUT2D eigenvalue weighted by molar-refractivity contribution is 0.100. The molecule has 1 amide bonds. The minimum absolute atomic E-state index is 0.368. The Labute approximate surface area is 59.4 Å². The maximum absolute atomic E-state index is 10.5. The molecule has 3 nitrogen and oxygen atoms in total. The van der Waals surface area contributed by atoms with Gasteiger partial charge in [-0.1, -0.05) is 0 Å². The summed E-state index contributed by atoms with van der Waals surface area (Å²) in [5.41, 5.74) is 5.60. The quantitative estimate of drug-likeness (QED) is 0.639. The lowest BCUT2D eigenvalue weighted by atomic mass is 10.3. The van der Waals surface area contributed by atoms with Gasteiger partial charge >= 0.3 is 0 Å². The number of primary amides is 1. The number of hydrogen-bond acceptors (Lipinski definition) is 1. The van der Waals surface area contributed by atoms with Crippen molar-refractivity contribution in [3.8, 4) is 0 Å². The van der Waals surface area contributed by atoms with Gasteiger partial charge in [0.1, 0.15) is 0 Å². The van der Waals surface area contributed by atoms with E-state index in [2.05, 4.69) is 0 Å². The van der Waals surface area contributed by atoms with E-state index in [1.165, 1.54) is 0 Å². The molecule has 2 N–H and O–H groups in total. The second-order valence-corrected chi connectivity index (χ2v) is 2.09. The van der Waals surface area contributed by atoms with E-state index in [9.17, 15) is 4.79 Å². The summed E-state index contributed by atoms with van der Waals surface area (Å²) >= 11 is 0. The van der Waals surface area contributed by atoms with Gasteiger partial charge in [-0.3, -0.25) is 4.79 Å². The third kappa shape index (κ3) is 1.18. The molecule has 0 aliphatic carbocycles. The van der Waals surface area contributed by atoms with Gasteiger partial charge in [-0.05, 0) is 13.0 Å². The first-order valence-corrected chi connectivity index (χ1v) is 3.19. The van der Waals surface area contributed by atoms with E-state index in [-0.39, 0.29) is 5.91 Å². The number of nitrogens with two attached hydrogens (primary N) is 1. The fraction of sp³-hybridized carbons (Fsp3) is 0.286. The zero-order valence-electron chi connectivity index (χ0n) is 5.87. The van der Waals surface area contributed by atoms with Crippen molar-refractivity contribution in [1.82, 2.24) is 4.57 Å². The molecule has 54 valence electrons. The standard InChI is InChI=1S/C7H10N2O/c1-2-9-4-3-6(5-9)7(8)10/h3-5H,2H2,1H3,(H2,8,10). The highest BCUT2D eigenvalue weighted by atomic mass is 16.1. The van der Waals surface area contributed by atoms with E-state index in [0.717, 1.165) is 6.54 Å². The van der Waals surface area contributed by atoms with Gasteiger partial charge in [-0.15, -0.1) is 0 Å². The van der Waals surface area contributed by atoms with Crippen LogP contribution in [0, 0.1) is 0 Å². The number of aryl methyl sites for hydroxylation is 1. The largest absolute Gasteiger partial charge is 0.366 e. The highest BCUT2D eigenvalue weighted by Gasteiger charge is 1.99. The van der Waals surface area contributed by atoms with Crippen LogP contribution < -0.4 is 5.73 Å². The first-order chi connectivity index (χ1) is 4.74. The van der Waals surface area contributed by atoms with Crippen molar-refractivity contribution < 1.29 is 4.79 Å². The number of carbonyl (C=O) groups excluding carboxylic acids is 1. The van der Waals surface area contributed by atoms with Crippen molar-refractivity contribution in [2.24, 2.45) is 5.73 Å². The van der Waals surface area contributed by atoms with Crippen LogP contribution in [0.4, 0.5) is 0 Å². The summed E-state index contributed by atoms with van der Waals surface area (Å²) in [5.74, 6) is -0.368. The zero-order valence-corrected chi connectivity index (χ0v) is 5.87. The molecule has 0 fully saturated rings. The van der Waals surface area contributed by atoms with E-state index in [4.69, 9.17) is 5.73 Å². The Morgan fingerprint density at radius 2 is 2.50 bits per heavy atom. The SMILES string of the molecule is CCn1ccc(C(N)=O)c1. The average Bonchev–Trinajstić information content (AvgIpc) is 2.34. The molecule has 3 heteroatoms. The smallest absolute Gasteiger partial charge is 0.250 e. The van der Waals surface area contributed by atoms with Crippen molar-refractivity contribution in [2.75, 3.05) is 0 Å². The van der Waals surface area contributed by atoms with E-state index in [1.807, 2.05) is 17.7 Å². The molecule has 0 unspecified atom stereocenters. The number of hydrogen-bond donors (Lipinski definition) is 1. The molecule has 1 rings (SSSR count). The minimum Gasteiger partial charge on any atom is -0.366 e. The lowest BCUT2D eigenvalue weighted by Crippen LogP contribution is -2.09. The van der Waals surface area contributed by atoms with Crippen LogP contribution >= 0.6 is 0 Å². The van der Waals surface area contributed by atoms with Gasteiger partial charge in [0.05, 0.1) is 5.56 Å². The van der Waals surface area contributed by atoms with Gasteiger partial charge in [0.2, 0.25) is 5.91 Å². The Balaban J connectivity index is 2.88. The van der Waals surface area contributed by atoms with Crippen molar-refractivity contribution in [2.45, 2.75) is 13.5 Å². The number of nitrogens with zero attached hydrogens (tertiary/aromatic N) is 1. The Kier molecular flexibility index (Phi) is 1.76. The lowest BCUT2D eigenvalue weighted by Gasteiger charge is -1.91. The van der Waals surface area contributed by atoms with Gasteiger partial charge in [0.25, 0.3) is 0 Å². The molecule has 0 spiro atoms. The van der Waals surface area contributed by atoms with Crippen molar-refractivity contribution in [3.63, 3.8) is 0 Å². The van der Waals surface area contributed by atoms with Crippen LogP contribution in [-0.2, 0) is 6.54 Å². The fourth-order valence-electron chi connectivity index (χ4n) is 0.783. The molecule has 0 aliphatic heterocycles. The number of aromatic nitrogens is 1. The van der Waals surface area contributed by atoms with Gasteiger partial charge in [-0.2, -0.15) is 0 Å². The summed E-state index contributed by atoms with van der Waals surface area (Å²) in [4.78, 5) is 10.5. The van der Waals surface area contributed by atoms with Crippen LogP contribution in [0.5, 0.6) is 0 Å². The molecule has 0 radical (unpaired) electrons. The molecular weight excluding hydrogens is 128 g/mol. The molecule has 1 heterocycles. The number of amides is 1. The second-order valence-electron chi connectivity index (χ2n) is 2.09. The zero-order chi connectivity index (χ0) is 7.56. The van der Waals surface area contributed by atoms with E-state index in [0.29, 0.717) is 5.56 Å². The van der Waals surface area contributed by atoms with E-state index in [1.54, 1.807) is 12.3 Å². The number of carbonyl (C=O) groups is 1. The Morgan fingerprint density at radius 1 is 1.80 bits per heavy atom. The van der Waals surface area contributed by atoms with Gasteiger partial charge in [0, 0.05) is 18.9 Å². The van der Waals surface area contributed by atoms with Gasteiger partial charge < -0.3 is 10.3 Å². The molecule has 0 aliphatic rings. The Bertz CT molecular complexity index is 240. The molecule has 0 saturated carbocycles. The minimum atomic E-state index is -0.368. The summed E-state index contributed by atoms with van der Waals surface area (Å²) in [5, 5.41) is 0.